The summed E-state index contributed by atoms with van der Waals surface area (Å²) < 4.78 is 5.30. The van der Waals surface area contributed by atoms with Crippen LogP contribution in [0.5, 0.6) is 0 Å². The number of nitrogens with zero attached hydrogens (tertiary/aromatic N) is 1. The van der Waals surface area contributed by atoms with Crippen LogP contribution >= 0.6 is 0 Å². The summed E-state index contributed by atoms with van der Waals surface area (Å²) in [4.78, 5) is 13.4. The lowest BCUT2D eigenvalue weighted by Gasteiger charge is -2.34. The van der Waals surface area contributed by atoms with Gasteiger partial charge in [0.05, 0.1) is 0 Å². The fourth-order valence-electron chi connectivity index (χ4n) is 2.85. The molecule has 1 aliphatic rings. The lowest BCUT2D eigenvalue weighted by Crippen LogP contribution is -2.43. The van der Waals surface area contributed by atoms with Crippen molar-refractivity contribution < 1.29 is 14.3 Å². The first-order chi connectivity index (χ1) is 9.61. The van der Waals surface area contributed by atoms with Crippen molar-refractivity contribution in [2.24, 2.45) is 0 Å². The van der Waals surface area contributed by atoms with Gasteiger partial charge in [-0.15, -0.1) is 0 Å². The van der Waals surface area contributed by atoms with Crippen molar-refractivity contribution in [3.05, 3.63) is 23.2 Å². The van der Waals surface area contributed by atoms with Gasteiger partial charge in [-0.05, 0) is 51.9 Å². The lowest BCUT2D eigenvalue weighted by molar-refractivity contribution is 0.0661. The molecule has 2 N–H and O–H groups in total. The van der Waals surface area contributed by atoms with E-state index in [0.717, 1.165) is 56.8 Å². The maximum atomic E-state index is 11.0. The van der Waals surface area contributed by atoms with Crippen LogP contribution in [-0.4, -0.2) is 41.7 Å². The smallest absolute Gasteiger partial charge is 0.371 e. The van der Waals surface area contributed by atoms with Crippen molar-refractivity contribution in [2.75, 3.05) is 19.6 Å². The van der Waals surface area contributed by atoms with Crippen LogP contribution in [0.1, 0.15) is 48.1 Å². The molecular formula is C15H24N2O3. The van der Waals surface area contributed by atoms with E-state index >= 15 is 0 Å². The Bertz CT molecular complexity index is 450. The minimum Gasteiger partial charge on any atom is -0.475 e. The van der Waals surface area contributed by atoms with Gasteiger partial charge in [0, 0.05) is 18.2 Å². The Labute approximate surface area is 119 Å². The highest BCUT2D eigenvalue weighted by atomic mass is 16.4. The Morgan fingerprint density at radius 3 is 2.75 bits per heavy atom. The molecule has 0 saturated carbocycles. The van der Waals surface area contributed by atoms with E-state index in [1.165, 1.54) is 0 Å². The molecule has 0 radical (unpaired) electrons. The Balaban J connectivity index is 2.08. The molecule has 0 bridgehead atoms. The molecule has 5 heteroatoms. The van der Waals surface area contributed by atoms with Crippen LogP contribution in [0.2, 0.25) is 0 Å². The van der Waals surface area contributed by atoms with Gasteiger partial charge in [-0.25, -0.2) is 4.79 Å². The number of aryl methyl sites for hydroxylation is 1. The summed E-state index contributed by atoms with van der Waals surface area (Å²) in [7, 11) is 0. The van der Waals surface area contributed by atoms with Crippen LogP contribution in [0.3, 0.4) is 0 Å². The number of furan rings is 1. The largest absolute Gasteiger partial charge is 0.475 e. The normalized spacial score (nSPS) is 16.8. The second-order valence-corrected chi connectivity index (χ2v) is 5.45. The van der Waals surface area contributed by atoms with Gasteiger partial charge < -0.3 is 14.8 Å². The molecule has 1 fully saturated rings. The minimum absolute atomic E-state index is 0.0410. The number of nitrogens with one attached hydrogen (secondary N) is 1. The van der Waals surface area contributed by atoms with Crippen LogP contribution in [0, 0.1) is 6.92 Å². The molecule has 112 valence electrons. The summed E-state index contributed by atoms with van der Waals surface area (Å²) in [6, 6.07) is 2.25. The van der Waals surface area contributed by atoms with Gasteiger partial charge in [0.25, 0.3) is 0 Å². The number of piperidine rings is 1. The fourth-order valence-corrected chi connectivity index (χ4v) is 2.85. The van der Waals surface area contributed by atoms with Crippen LogP contribution in [0.25, 0.3) is 0 Å². The van der Waals surface area contributed by atoms with Crippen LogP contribution < -0.4 is 5.32 Å². The third-order valence-corrected chi connectivity index (χ3v) is 3.94. The highest BCUT2D eigenvalue weighted by Gasteiger charge is 2.22. The topological polar surface area (TPSA) is 65.7 Å². The third-order valence-electron chi connectivity index (χ3n) is 3.94. The number of rotatable bonds is 6. The van der Waals surface area contributed by atoms with Crippen LogP contribution in [0.15, 0.2) is 10.5 Å². The zero-order valence-electron chi connectivity index (χ0n) is 12.3. The van der Waals surface area contributed by atoms with Crippen molar-refractivity contribution in [3.63, 3.8) is 0 Å². The molecule has 0 amide bonds. The molecule has 0 aliphatic carbocycles. The summed E-state index contributed by atoms with van der Waals surface area (Å²) in [6.07, 6.45) is 3.41. The number of carboxylic acids is 1. The first-order valence-corrected chi connectivity index (χ1v) is 7.39. The molecule has 0 atom stereocenters. The van der Waals surface area contributed by atoms with Gasteiger partial charge in [-0.2, -0.15) is 0 Å². The van der Waals surface area contributed by atoms with Gasteiger partial charge in [0.1, 0.15) is 5.76 Å². The zero-order chi connectivity index (χ0) is 14.5. The van der Waals surface area contributed by atoms with Gasteiger partial charge in [0.2, 0.25) is 5.76 Å². The Kier molecular flexibility index (Phi) is 5.20. The van der Waals surface area contributed by atoms with Crippen molar-refractivity contribution in [2.45, 2.75) is 45.7 Å². The standard InChI is InChI=1S/C15H24N2O3/c1-3-8-17(13-4-6-16-7-5-13)10-12-9-14(15(18)19)20-11(12)2/h9,13,16H,3-8,10H2,1-2H3,(H,18,19). The van der Waals surface area contributed by atoms with Crippen molar-refractivity contribution >= 4 is 5.97 Å². The molecule has 20 heavy (non-hydrogen) atoms. The van der Waals surface area contributed by atoms with Crippen LogP contribution in [-0.2, 0) is 6.54 Å². The Morgan fingerprint density at radius 2 is 2.20 bits per heavy atom. The zero-order valence-corrected chi connectivity index (χ0v) is 12.3. The summed E-state index contributed by atoms with van der Waals surface area (Å²) in [5, 5.41) is 12.4. The first kappa shape index (κ1) is 15.1. The quantitative estimate of drug-likeness (QED) is 0.836. The Morgan fingerprint density at radius 1 is 1.50 bits per heavy atom. The van der Waals surface area contributed by atoms with E-state index in [1.54, 1.807) is 6.07 Å². The molecule has 2 rings (SSSR count). The van der Waals surface area contributed by atoms with E-state index in [9.17, 15) is 4.79 Å². The van der Waals surface area contributed by atoms with Gasteiger partial charge in [0.15, 0.2) is 0 Å². The molecule has 1 saturated heterocycles. The average molecular weight is 280 g/mol. The first-order valence-electron chi connectivity index (χ1n) is 7.39. The van der Waals surface area contributed by atoms with Gasteiger partial charge in [-0.3, -0.25) is 4.90 Å². The van der Waals surface area contributed by atoms with Gasteiger partial charge >= 0.3 is 5.97 Å². The van der Waals surface area contributed by atoms with E-state index in [2.05, 4.69) is 17.1 Å². The van der Waals surface area contributed by atoms with Gasteiger partial charge in [-0.1, -0.05) is 6.92 Å². The molecular weight excluding hydrogens is 256 g/mol. The third kappa shape index (κ3) is 3.61. The molecule has 0 aromatic carbocycles. The van der Waals surface area contributed by atoms with E-state index in [-0.39, 0.29) is 5.76 Å². The molecule has 1 aliphatic heterocycles. The summed E-state index contributed by atoms with van der Waals surface area (Å²) >= 11 is 0. The SMILES string of the molecule is CCCN(Cc1cc(C(=O)O)oc1C)C1CCNCC1. The average Bonchev–Trinajstić information content (AvgIpc) is 2.81. The van der Waals surface area contributed by atoms with Crippen molar-refractivity contribution in [1.29, 1.82) is 0 Å². The molecule has 0 unspecified atom stereocenters. The van der Waals surface area contributed by atoms with Crippen LogP contribution in [0.4, 0.5) is 0 Å². The maximum Gasteiger partial charge on any atom is 0.371 e. The Hall–Kier alpha value is -1.33. The molecule has 1 aromatic rings. The maximum absolute atomic E-state index is 11.0. The molecule has 1 aromatic heterocycles. The second kappa shape index (κ2) is 6.90. The van der Waals surface area contributed by atoms with E-state index in [4.69, 9.17) is 9.52 Å². The van der Waals surface area contributed by atoms with E-state index in [1.807, 2.05) is 6.92 Å². The summed E-state index contributed by atoms with van der Waals surface area (Å²) in [5.74, 6) is -0.236. The molecule has 5 nitrogen and oxygen atoms in total. The highest BCUT2D eigenvalue weighted by Crippen LogP contribution is 2.21. The number of hydrogen-bond donors (Lipinski definition) is 2. The monoisotopic (exact) mass is 280 g/mol. The van der Waals surface area contributed by atoms with Crippen molar-refractivity contribution in [3.8, 4) is 0 Å². The highest BCUT2D eigenvalue weighted by molar-refractivity contribution is 5.84. The minimum atomic E-state index is -0.997. The lowest BCUT2D eigenvalue weighted by atomic mass is 10.0. The van der Waals surface area contributed by atoms with E-state index in [0.29, 0.717) is 6.04 Å². The molecule has 2 heterocycles. The number of aromatic carboxylic acids is 1. The number of carbonyl (C=O) groups is 1. The predicted molar refractivity (Wildman–Crippen MR) is 77.0 cm³/mol. The summed E-state index contributed by atoms with van der Waals surface area (Å²) in [5.41, 5.74) is 0.995. The van der Waals surface area contributed by atoms with E-state index < -0.39 is 5.97 Å². The van der Waals surface area contributed by atoms with Crippen molar-refractivity contribution in [1.82, 2.24) is 10.2 Å². The number of hydrogen-bond acceptors (Lipinski definition) is 4. The predicted octanol–water partition coefficient (Wildman–Crippen LogP) is 2.25. The fraction of sp³-hybridized carbons (Fsp3) is 0.667. The second-order valence-electron chi connectivity index (χ2n) is 5.45. The summed E-state index contributed by atoms with van der Waals surface area (Å²) in [6.45, 7) is 7.97. The molecule has 0 spiro atoms. The number of carboxylic acid groups (broad SMARTS) is 1.